The number of hydrogen-bond acceptors (Lipinski definition) is 8. The molecule has 2 aromatic rings. The number of hydrogen-bond donors (Lipinski definition) is 2. The Balaban J connectivity index is 1.70. The van der Waals surface area contributed by atoms with E-state index in [1.807, 2.05) is 13.1 Å². The first-order valence-electron chi connectivity index (χ1n) is 9.14. The van der Waals surface area contributed by atoms with Gasteiger partial charge in [-0.3, -0.25) is 24.2 Å². The van der Waals surface area contributed by atoms with Gasteiger partial charge in [-0.1, -0.05) is 0 Å². The van der Waals surface area contributed by atoms with E-state index in [9.17, 15) is 14.7 Å². The van der Waals surface area contributed by atoms with Gasteiger partial charge in [-0.05, 0) is 25.1 Å². The van der Waals surface area contributed by atoms with Crippen LogP contribution in [-0.4, -0.2) is 59.8 Å². The van der Waals surface area contributed by atoms with Gasteiger partial charge in [0.05, 0.1) is 19.7 Å². The van der Waals surface area contributed by atoms with E-state index < -0.39 is 17.1 Å². The minimum absolute atomic E-state index is 0.0663. The molecule has 0 unspecified atom stereocenters. The van der Waals surface area contributed by atoms with Gasteiger partial charge in [0.25, 0.3) is 5.56 Å². The number of nitrogens with one attached hydrogen (secondary N) is 1. The first-order chi connectivity index (χ1) is 13.9. The second-order valence-electron chi connectivity index (χ2n) is 7.01. The van der Waals surface area contributed by atoms with E-state index in [1.54, 1.807) is 7.11 Å². The second-order valence-corrected chi connectivity index (χ2v) is 7.01. The van der Waals surface area contributed by atoms with E-state index in [0.29, 0.717) is 23.8 Å². The van der Waals surface area contributed by atoms with Gasteiger partial charge in [-0.25, -0.2) is 4.79 Å². The standard InChI is InChI=1S/C19H22N4O6/c1-22-5-4-10-6-13-15(29-9-28-13)16(27-3)14(10)12(22)8-20-7-11-17(24)21-19(26)23(2)18(11)25/h6-7,12,25H,4-5,8-9H2,1-3H3,(H,21,24,26)/t12-/m0/s1. The Morgan fingerprint density at radius 1 is 1.38 bits per heavy atom. The van der Waals surface area contributed by atoms with Crippen molar-refractivity contribution < 1.29 is 19.3 Å². The maximum atomic E-state index is 12.0. The van der Waals surface area contributed by atoms with Crippen LogP contribution in [0.3, 0.4) is 0 Å². The molecular formula is C19H22N4O6. The number of likely N-dealkylation sites (N-methyl/N-ethyl adjacent to an activating group) is 1. The molecule has 1 aromatic carbocycles. The lowest BCUT2D eigenvalue weighted by molar-refractivity contribution is 0.170. The first kappa shape index (κ1) is 19.1. The first-order valence-corrected chi connectivity index (χ1v) is 9.14. The topological polar surface area (TPSA) is 118 Å². The third kappa shape index (κ3) is 3.15. The highest BCUT2D eigenvalue weighted by Gasteiger charge is 2.33. The van der Waals surface area contributed by atoms with E-state index in [1.165, 1.54) is 13.3 Å². The summed E-state index contributed by atoms with van der Waals surface area (Å²) >= 11 is 0. The number of H-pyrrole nitrogens is 1. The van der Waals surface area contributed by atoms with Crippen LogP contribution in [0.25, 0.3) is 0 Å². The second kappa shape index (κ2) is 7.28. The van der Waals surface area contributed by atoms with E-state index >= 15 is 0 Å². The Morgan fingerprint density at radius 3 is 2.93 bits per heavy atom. The van der Waals surface area contributed by atoms with Crippen molar-refractivity contribution in [3.63, 3.8) is 0 Å². The number of aliphatic imine (C=N–C) groups is 1. The lowest BCUT2D eigenvalue weighted by Crippen LogP contribution is -2.34. The highest BCUT2D eigenvalue weighted by Crippen LogP contribution is 2.49. The summed E-state index contributed by atoms with van der Waals surface area (Å²) in [4.78, 5) is 32.2. The highest BCUT2D eigenvalue weighted by atomic mass is 16.7. The van der Waals surface area contributed by atoms with E-state index in [0.717, 1.165) is 28.7 Å². The van der Waals surface area contributed by atoms with Crippen molar-refractivity contribution in [3.8, 4) is 23.1 Å². The third-order valence-corrected chi connectivity index (χ3v) is 5.37. The number of aromatic amines is 1. The van der Waals surface area contributed by atoms with Gasteiger partial charge in [0.1, 0.15) is 5.56 Å². The molecule has 0 radical (unpaired) electrons. The van der Waals surface area contributed by atoms with Gasteiger partial charge in [0.15, 0.2) is 11.5 Å². The fraction of sp³-hybridized carbons (Fsp3) is 0.421. The quantitative estimate of drug-likeness (QED) is 0.700. The molecule has 0 amide bonds. The maximum Gasteiger partial charge on any atom is 0.330 e. The summed E-state index contributed by atoms with van der Waals surface area (Å²) in [6.45, 7) is 1.30. The molecule has 1 atom stereocenters. The Bertz CT molecular complexity index is 1100. The van der Waals surface area contributed by atoms with Crippen LogP contribution in [0.4, 0.5) is 0 Å². The zero-order valence-corrected chi connectivity index (χ0v) is 16.4. The lowest BCUT2D eigenvalue weighted by Gasteiger charge is -2.35. The smallest absolute Gasteiger partial charge is 0.330 e. The Labute approximate surface area is 166 Å². The number of nitrogens with zero attached hydrogens (tertiary/aromatic N) is 3. The fourth-order valence-corrected chi connectivity index (χ4v) is 3.74. The molecule has 29 heavy (non-hydrogen) atoms. The summed E-state index contributed by atoms with van der Waals surface area (Å²) in [5, 5.41) is 10.1. The van der Waals surface area contributed by atoms with Crippen LogP contribution >= 0.6 is 0 Å². The average Bonchev–Trinajstić information content (AvgIpc) is 3.17. The number of fused-ring (bicyclic) bond motifs is 2. The van der Waals surface area contributed by atoms with Crippen LogP contribution in [0.1, 0.15) is 22.7 Å². The minimum Gasteiger partial charge on any atom is -0.494 e. The normalized spacial score (nSPS) is 18.2. The zero-order valence-electron chi connectivity index (χ0n) is 16.4. The lowest BCUT2D eigenvalue weighted by atomic mass is 9.91. The van der Waals surface area contributed by atoms with Crippen molar-refractivity contribution in [2.75, 3.05) is 34.0 Å². The fourth-order valence-electron chi connectivity index (χ4n) is 3.74. The number of rotatable bonds is 4. The van der Waals surface area contributed by atoms with Crippen LogP contribution in [0.5, 0.6) is 23.1 Å². The Kier molecular flexibility index (Phi) is 4.79. The van der Waals surface area contributed by atoms with Gasteiger partial charge in [0.2, 0.25) is 18.4 Å². The molecule has 0 fully saturated rings. The SMILES string of the molecule is COc1c2c(cc3c1[C@H](CN=Cc1c(O)n(C)c(=O)[nH]c1=O)N(C)CC3)OCO2. The van der Waals surface area contributed by atoms with Crippen molar-refractivity contribution in [2.24, 2.45) is 12.0 Å². The van der Waals surface area contributed by atoms with Crippen molar-refractivity contribution in [1.82, 2.24) is 14.5 Å². The van der Waals surface area contributed by atoms with Crippen molar-refractivity contribution in [2.45, 2.75) is 12.5 Å². The van der Waals surface area contributed by atoms with Crippen LogP contribution < -0.4 is 25.5 Å². The molecule has 154 valence electrons. The number of benzene rings is 1. The summed E-state index contributed by atoms with van der Waals surface area (Å²) in [5.74, 6) is 1.46. The molecule has 0 saturated carbocycles. The molecule has 2 N–H and O–H groups in total. The molecule has 0 aliphatic carbocycles. The van der Waals surface area contributed by atoms with E-state index in [4.69, 9.17) is 14.2 Å². The predicted molar refractivity (Wildman–Crippen MR) is 105 cm³/mol. The summed E-state index contributed by atoms with van der Waals surface area (Å²) in [7, 11) is 4.95. The highest BCUT2D eigenvalue weighted by molar-refractivity contribution is 5.81. The monoisotopic (exact) mass is 402 g/mol. The van der Waals surface area contributed by atoms with E-state index in [2.05, 4.69) is 14.9 Å². The molecule has 2 aliphatic heterocycles. The molecular weight excluding hydrogens is 380 g/mol. The molecule has 3 heterocycles. The molecule has 0 bridgehead atoms. The summed E-state index contributed by atoms with van der Waals surface area (Å²) in [6, 6.07) is 1.86. The minimum atomic E-state index is -0.689. The molecule has 10 heteroatoms. The molecule has 1 aromatic heterocycles. The Morgan fingerprint density at radius 2 is 2.17 bits per heavy atom. The molecule has 0 saturated heterocycles. The predicted octanol–water partition coefficient (Wildman–Crippen LogP) is 0.165. The average molecular weight is 402 g/mol. The maximum absolute atomic E-state index is 12.0. The molecule has 2 aliphatic rings. The van der Waals surface area contributed by atoms with Crippen LogP contribution in [-0.2, 0) is 13.5 Å². The van der Waals surface area contributed by atoms with Crippen molar-refractivity contribution >= 4 is 6.21 Å². The van der Waals surface area contributed by atoms with Gasteiger partial charge in [-0.2, -0.15) is 0 Å². The number of aromatic nitrogens is 2. The summed E-state index contributed by atoms with van der Waals surface area (Å²) < 4.78 is 17.7. The number of ether oxygens (including phenoxy) is 3. The zero-order chi connectivity index (χ0) is 20.7. The molecule has 10 nitrogen and oxygen atoms in total. The van der Waals surface area contributed by atoms with Crippen molar-refractivity contribution in [1.29, 1.82) is 0 Å². The number of methoxy groups -OCH3 is 1. The number of aromatic hydroxyl groups is 1. The van der Waals surface area contributed by atoms with E-state index in [-0.39, 0.29) is 18.4 Å². The van der Waals surface area contributed by atoms with Gasteiger partial charge in [-0.15, -0.1) is 0 Å². The van der Waals surface area contributed by atoms with Crippen molar-refractivity contribution in [3.05, 3.63) is 43.6 Å². The summed E-state index contributed by atoms with van der Waals surface area (Å²) in [5.41, 5.74) is 0.635. The van der Waals surface area contributed by atoms with Crippen LogP contribution in [0.15, 0.2) is 20.6 Å². The third-order valence-electron chi connectivity index (χ3n) is 5.37. The summed E-state index contributed by atoms with van der Waals surface area (Å²) in [6.07, 6.45) is 2.12. The Hall–Kier alpha value is -3.27. The largest absolute Gasteiger partial charge is 0.494 e. The molecule has 4 rings (SSSR count). The van der Waals surface area contributed by atoms with Gasteiger partial charge < -0.3 is 19.3 Å². The van der Waals surface area contributed by atoms with Crippen LogP contribution in [0.2, 0.25) is 0 Å². The van der Waals surface area contributed by atoms with Gasteiger partial charge >= 0.3 is 5.69 Å². The van der Waals surface area contributed by atoms with Crippen LogP contribution in [0, 0.1) is 0 Å². The van der Waals surface area contributed by atoms with Gasteiger partial charge in [0, 0.05) is 25.4 Å². The molecule has 0 spiro atoms.